The molecular formula is C16H16F3NO. The average Bonchev–Trinajstić information content (AvgIpc) is 2.46. The van der Waals surface area contributed by atoms with E-state index in [1.165, 1.54) is 12.1 Å². The summed E-state index contributed by atoms with van der Waals surface area (Å²) >= 11 is 0. The zero-order chi connectivity index (χ0) is 15.5. The lowest BCUT2D eigenvalue weighted by Crippen LogP contribution is -2.30. The van der Waals surface area contributed by atoms with Crippen molar-refractivity contribution in [1.82, 2.24) is 0 Å². The van der Waals surface area contributed by atoms with Crippen molar-refractivity contribution in [2.75, 3.05) is 0 Å². The molecule has 2 nitrogen and oxygen atoms in total. The molecule has 0 radical (unpaired) electrons. The van der Waals surface area contributed by atoms with E-state index in [0.717, 1.165) is 17.7 Å². The second-order valence-corrected chi connectivity index (χ2v) is 4.92. The molecule has 2 unspecified atom stereocenters. The summed E-state index contributed by atoms with van der Waals surface area (Å²) in [5.74, 6) is 0. The van der Waals surface area contributed by atoms with Crippen LogP contribution in [-0.4, -0.2) is 11.1 Å². The highest BCUT2D eigenvalue weighted by atomic mass is 19.4. The number of halogens is 3. The number of aliphatic hydroxyl groups is 1. The van der Waals surface area contributed by atoms with E-state index in [1.807, 2.05) is 30.3 Å². The molecule has 0 saturated heterocycles. The monoisotopic (exact) mass is 295 g/mol. The van der Waals surface area contributed by atoms with Crippen LogP contribution in [0.2, 0.25) is 0 Å². The molecule has 2 aromatic carbocycles. The van der Waals surface area contributed by atoms with Crippen LogP contribution in [0.5, 0.6) is 0 Å². The van der Waals surface area contributed by atoms with Crippen molar-refractivity contribution in [3.05, 3.63) is 71.3 Å². The van der Waals surface area contributed by atoms with Crippen molar-refractivity contribution >= 4 is 0 Å². The molecule has 0 spiro atoms. The minimum atomic E-state index is -4.43. The van der Waals surface area contributed by atoms with Gasteiger partial charge in [0.1, 0.15) is 0 Å². The maximum Gasteiger partial charge on any atom is 0.416 e. The second-order valence-electron chi connectivity index (χ2n) is 4.92. The van der Waals surface area contributed by atoms with Crippen LogP contribution in [0, 0.1) is 0 Å². The highest BCUT2D eigenvalue weighted by molar-refractivity contribution is 5.28. The summed E-state index contributed by atoms with van der Waals surface area (Å²) in [6.45, 7) is 0. The van der Waals surface area contributed by atoms with E-state index in [9.17, 15) is 18.3 Å². The van der Waals surface area contributed by atoms with Crippen molar-refractivity contribution < 1.29 is 18.3 Å². The molecule has 2 rings (SSSR count). The van der Waals surface area contributed by atoms with Crippen molar-refractivity contribution in [2.24, 2.45) is 5.73 Å². The number of rotatable bonds is 4. The third kappa shape index (κ3) is 4.06. The van der Waals surface area contributed by atoms with E-state index in [-0.39, 0.29) is 5.56 Å². The smallest absolute Gasteiger partial charge is 0.387 e. The average molecular weight is 295 g/mol. The molecule has 0 aliphatic rings. The van der Waals surface area contributed by atoms with E-state index in [2.05, 4.69) is 0 Å². The maximum absolute atomic E-state index is 12.7. The number of aliphatic hydroxyl groups excluding tert-OH is 1. The summed E-state index contributed by atoms with van der Waals surface area (Å²) in [5.41, 5.74) is 6.22. The normalized spacial score (nSPS) is 14.7. The van der Waals surface area contributed by atoms with Crippen molar-refractivity contribution in [2.45, 2.75) is 24.7 Å². The van der Waals surface area contributed by atoms with E-state index in [4.69, 9.17) is 5.73 Å². The fraction of sp³-hybridized carbons (Fsp3) is 0.250. The second kappa shape index (κ2) is 6.28. The molecule has 0 fully saturated rings. The largest absolute Gasteiger partial charge is 0.416 e. The molecule has 0 aliphatic heterocycles. The van der Waals surface area contributed by atoms with Crippen molar-refractivity contribution in [3.63, 3.8) is 0 Å². The molecule has 112 valence electrons. The molecule has 2 atom stereocenters. The quantitative estimate of drug-likeness (QED) is 0.909. The highest BCUT2D eigenvalue weighted by Gasteiger charge is 2.31. The zero-order valence-electron chi connectivity index (χ0n) is 11.2. The van der Waals surface area contributed by atoms with E-state index < -0.39 is 23.9 Å². The number of hydrogen-bond acceptors (Lipinski definition) is 2. The molecular weight excluding hydrogens is 279 g/mol. The predicted molar refractivity (Wildman–Crippen MR) is 74.5 cm³/mol. The lowest BCUT2D eigenvalue weighted by Gasteiger charge is -2.20. The van der Waals surface area contributed by atoms with E-state index in [1.54, 1.807) is 0 Å². The third-order valence-corrected chi connectivity index (χ3v) is 3.28. The van der Waals surface area contributed by atoms with Crippen LogP contribution >= 0.6 is 0 Å². The minimum absolute atomic E-state index is 0.174. The first-order chi connectivity index (χ1) is 9.88. The predicted octanol–water partition coefficient (Wildman–Crippen LogP) is 3.31. The summed E-state index contributed by atoms with van der Waals surface area (Å²) in [6.07, 6.45) is -5.19. The first kappa shape index (κ1) is 15.5. The van der Waals surface area contributed by atoms with E-state index in [0.29, 0.717) is 6.42 Å². The molecule has 3 N–H and O–H groups in total. The third-order valence-electron chi connectivity index (χ3n) is 3.28. The van der Waals surface area contributed by atoms with Crippen LogP contribution in [0.1, 0.15) is 22.8 Å². The fourth-order valence-corrected chi connectivity index (χ4v) is 2.14. The SMILES string of the molecule is NC(Cc1ccccc1)C(O)c1cccc(C(F)(F)F)c1. The molecule has 5 heteroatoms. The molecule has 0 heterocycles. The summed E-state index contributed by atoms with van der Waals surface area (Å²) in [6, 6.07) is 13.2. The first-order valence-corrected chi connectivity index (χ1v) is 6.52. The number of hydrogen-bond donors (Lipinski definition) is 2. The zero-order valence-corrected chi connectivity index (χ0v) is 11.2. The number of alkyl halides is 3. The van der Waals surface area contributed by atoms with Gasteiger partial charge in [0, 0.05) is 6.04 Å². The van der Waals surface area contributed by atoms with Gasteiger partial charge in [-0.05, 0) is 29.7 Å². The number of nitrogens with two attached hydrogens (primary N) is 1. The van der Waals surface area contributed by atoms with Crippen LogP contribution in [0.4, 0.5) is 13.2 Å². The van der Waals surface area contributed by atoms with E-state index >= 15 is 0 Å². The van der Waals surface area contributed by atoms with Gasteiger partial charge in [-0.1, -0.05) is 42.5 Å². The molecule has 21 heavy (non-hydrogen) atoms. The summed E-state index contributed by atoms with van der Waals surface area (Å²) in [7, 11) is 0. The molecule has 2 aromatic rings. The van der Waals surface area contributed by atoms with Gasteiger partial charge in [0.15, 0.2) is 0 Å². The van der Waals surface area contributed by atoms with Gasteiger partial charge < -0.3 is 10.8 Å². The molecule has 0 amide bonds. The Kier molecular flexibility index (Phi) is 4.65. The van der Waals surface area contributed by atoms with Gasteiger partial charge in [-0.2, -0.15) is 13.2 Å². The Morgan fingerprint density at radius 2 is 1.67 bits per heavy atom. The van der Waals surface area contributed by atoms with Crippen LogP contribution in [-0.2, 0) is 12.6 Å². The standard InChI is InChI=1S/C16H16F3NO/c17-16(18,19)13-8-4-7-12(10-13)15(21)14(20)9-11-5-2-1-3-6-11/h1-8,10,14-15,21H,9,20H2. The Morgan fingerprint density at radius 3 is 2.29 bits per heavy atom. The van der Waals surface area contributed by atoms with Gasteiger partial charge in [-0.25, -0.2) is 0 Å². The minimum Gasteiger partial charge on any atom is -0.387 e. The highest BCUT2D eigenvalue weighted by Crippen LogP contribution is 2.31. The Morgan fingerprint density at radius 1 is 1.00 bits per heavy atom. The molecule has 0 bridgehead atoms. The van der Waals surface area contributed by atoms with Gasteiger partial charge >= 0.3 is 6.18 Å². The first-order valence-electron chi connectivity index (χ1n) is 6.52. The van der Waals surface area contributed by atoms with Crippen LogP contribution in [0.3, 0.4) is 0 Å². The Labute approximate surface area is 121 Å². The molecule has 0 aliphatic carbocycles. The van der Waals surface area contributed by atoms with Gasteiger partial charge in [-0.3, -0.25) is 0 Å². The topological polar surface area (TPSA) is 46.2 Å². The van der Waals surface area contributed by atoms with Crippen LogP contribution in [0.25, 0.3) is 0 Å². The van der Waals surface area contributed by atoms with Crippen molar-refractivity contribution in [3.8, 4) is 0 Å². The van der Waals surface area contributed by atoms with Crippen LogP contribution in [0.15, 0.2) is 54.6 Å². The van der Waals surface area contributed by atoms with Gasteiger partial charge in [0.25, 0.3) is 0 Å². The lowest BCUT2D eigenvalue weighted by atomic mass is 9.96. The Balaban J connectivity index is 2.14. The van der Waals surface area contributed by atoms with Gasteiger partial charge in [0.05, 0.1) is 11.7 Å². The van der Waals surface area contributed by atoms with Crippen molar-refractivity contribution in [1.29, 1.82) is 0 Å². The Bertz CT molecular complexity index is 584. The van der Waals surface area contributed by atoms with Gasteiger partial charge in [-0.15, -0.1) is 0 Å². The number of benzene rings is 2. The maximum atomic E-state index is 12.7. The molecule has 0 saturated carbocycles. The molecule has 0 aromatic heterocycles. The Hall–Kier alpha value is -1.85. The van der Waals surface area contributed by atoms with Crippen LogP contribution < -0.4 is 5.73 Å². The summed E-state index contributed by atoms with van der Waals surface area (Å²) in [5, 5.41) is 10.1. The summed E-state index contributed by atoms with van der Waals surface area (Å²) in [4.78, 5) is 0. The van der Waals surface area contributed by atoms with Gasteiger partial charge in [0.2, 0.25) is 0 Å². The lowest BCUT2D eigenvalue weighted by molar-refractivity contribution is -0.137. The fourth-order valence-electron chi connectivity index (χ4n) is 2.14. The summed E-state index contributed by atoms with van der Waals surface area (Å²) < 4.78 is 38.0.